The van der Waals surface area contributed by atoms with Crippen LogP contribution < -0.4 is 10.1 Å². The van der Waals surface area contributed by atoms with Crippen molar-refractivity contribution in [2.75, 3.05) is 12.4 Å². The van der Waals surface area contributed by atoms with E-state index in [0.29, 0.717) is 28.4 Å². The van der Waals surface area contributed by atoms with Gasteiger partial charge in [-0.25, -0.2) is 0 Å². The van der Waals surface area contributed by atoms with E-state index in [2.05, 4.69) is 57.4 Å². The Labute approximate surface area is 212 Å². The number of rotatable bonds is 5. The van der Waals surface area contributed by atoms with Crippen molar-refractivity contribution in [1.82, 2.24) is 15.0 Å². The second-order valence-corrected chi connectivity index (χ2v) is 9.63. The van der Waals surface area contributed by atoms with E-state index in [4.69, 9.17) is 4.74 Å². The number of methoxy groups -OCH3 is 1. The molecule has 0 bridgehead atoms. The second kappa shape index (κ2) is 9.15. The number of fused-ring (bicyclic) bond motifs is 2. The minimum atomic E-state index is -0.257. The molecular formula is C28H25BrN4O2. The number of nitrogens with one attached hydrogen (secondary N) is 1. The van der Waals surface area contributed by atoms with Crippen molar-refractivity contribution in [3.63, 3.8) is 0 Å². The van der Waals surface area contributed by atoms with Crippen LogP contribution in [0.1, 0.15) is 41.3 Å². The van der Waals surface area contributed by atoms with Gasteiger partial charge in [-0.2, -0.15) is 4.80 Å². The van der Waals surface area contributed by atoms with Crippen molar-refractivity contribution in [3.8, 4) is 11.4 Å². The van der Waals surface area contributed by atoms with E-state index in [1.54, 1.807) is 11.9 Å². The molecule has 0 radical (unpaired) electrons. The molecule has 176 valence electrons. The van der Waals surface area contributed by atoms with Crippen LogP contribution in [-0.2, 0) is 0 Å². The molecule has 0 saturated heterocycles. The van der Waals surface area contributed by atoms with Crippen LogP contribution >= 0.6 is 15.9 Å². The third-order valence-corrected chi connectivity index (χ3v) is 6.94. The summed E-state index contributed by atoms with van der Waals surface area (Å²) in [7, 11) is 1.56. The van der Waals surface area contributed by atoms with E-state index >= 15 is 0 Å². The Balaban J connectivity index is 1.49. The molecule has 1 amide bonds. The quantitative estimate of drug-likeness (QED) is 0.266. The van der Waals surface area contributed by atoms with Gasteiger partial charge in [0, 0.05) is 5.69 Å². The maximum absolute atomic E-state index is 13.3. The molecule has 6 nitrogen and oxygen atoms in total. The number of nitrogens with zero attached hydrogens (tertiary/aromatic N) is 3. The zero-order valence-corrected chi connectivity index (χ0v) is 21.6. The highest BCUT2D eigenvalue weighted by Gasteiger charge is 2.19. The number of aromatic nitrogens is 3. The highest BCUT2D eigenvalue weighted by atomic mass is 79.9. The minimum absolute atomic E-state index is 0.257. The number of anilines is 1. The standard InChI is InChI=1S/C28H25BrN4O2/c1-16(2)18-9-11-20(12-10-18)33-31-24-13-17(3)23(15-25(24)32-33)30-28(34)22-14-19-7-5-6-8-21(19)26(29)27(22)35-4/h5-16H,1-4H3,(H,30,34). The Bertz CT molecular complexity index is 1570. The molecule has 0 aliphatic rings. The van der Waals surface area contributed by atoms with Crippen LogP contribution in [0.4, 0.5) is 5.69 Å². The fraction of sp³-hybridized carbons (Fsp3) is 0.179. The maximum Gasteiger partial charge on any atom is 0.259 e. The summed E-state index contributed by atoms with van der Waals surface area (Å²) < 4.78 is 6.34. The summed E-state index contributed by atoms with van der Waals surface area (Å²) in [4.78, 5) is 15.0. The highest BCUT2D eigenvalue weighted by Crippen LogP contribution is 2.37. The molecule has 1 heterocycles. The fourth-order valence-electron chi connectivity index (χ4n) is 4.15. The van der Waals surface area contributed by atoms with Crippen LogP contribution in [0.3, 0.4) is 0 Å². The lowest BCUT2D eigenvalue weighted by Crippen LogP contribution is -2.14. The zero-order valence-electron chi connectivity index (χ0n) is 20.0. The van der Waals surface area contributed by atoms with E-state index in [9.17, 15) is 4.79 Å². The second-order valence-electron chi connectivity index (χ2n) is 8.84. The Kier molecular flexibility index (Phi) is 6.03. The van der Waals surface area contributed by atoms with E-state index in [0.717, 1.165) is 32.0 Å². The summed E-state index contributed by atoms with van der Waals surface area (Å²) in [6.07, 6.45) is 0. The zero-order chi connectivity index (χ0) is 24.7. The number of aryl methyl sites for hydroxylation is 1. The van der Waals surface area contributed by atoms with Gasteiger partial charge in [0.1, 0.15) is 16.8 Å². The smallest absolute Gasteiger partial charge is 0.259 e. The number of ether oxygens (including phenoxy) is 1. The Morgan fingerprint density at radius 3 is 2.37 bits per heavy atom. The number of carbonyl (C=O) groups excluding carboxylic acids is 1. The van der Waals surface area contributed by atoms with Gasteiger partial charge < -0.3 is 10.1 Å². The van der Waals surface area contributed by atoms with Crippen molar-refractivity contribution < 1.29 is 9.53 Å². The average Bonchev–Trinajstić information content (AvgIpc) is 3.27. The summed E-state index contributed by atoms with van der Waals surface area (Å²) in [6, 6.07) is 21.7. The van der Waals surface area contributed by atoms with Gasteiger partial charge in [0.25, 0.3) is 5.91 Å². The third kappa shape index (κ3) is 4.28. The molecule has 0 aliphatic carbocycles. The predicted octanol–water partition coefficient (Wildman–Crippen LogP) is 7.03. The van der Waals surface area contributed by atoms with Crippen LogP contribution in [0, 0.1) is 6.92 Å². The lowest BCUT2D eigenvalue weighted by Gasteiger charge is -2.14. The summed E-state index contributed by atoms with van der Waals surface area (Å²) in [6.45, 7) is 6.28. The van der Waals surface area contributed by atoms with Gasteiger partial charge in [0.15, 0.2) is 0 Å². The summed E-state index contributed by atoms with van der Waals surface area (Å²) in [5.41, 5.74) is 5.64. The van der Waals surface area contributed by atoms with Crippen molar-refractivity contribution in [2.45, 2.75) is 26.7 Å². The van der Waals surface area contributed by atoms with Gasteiger partial charge in [-0.05, 0) is 81.0 Å². The topological polar surface area (TPSA) is 69.0 Å². The molecule has 1 aromatic heterocycles. The number of benzene rings is 4. The van der Waals surface area contributed by atoms with Gasteiger partial charge in [0.2, 0.25) is 0 Å². The molecule has 7 heteroatoms. The number of amides is 1. The molecule has 4 aromatic carbocycles. The number of carbonyl (C=O) groups is 1. The van der Waals surface area contributed by atoms with Gasteiger partial charge in [-0.1, -0.05) is 50.2 Å². The monoisotopic (exact) mass is 528 g/mol. The normalized spacial score (nSPS) is 11.4. The first kappa shape index (κ1) is 23.1. The van der Waals surface area contributed by atoms with E-state index in [1.165, 1.54) is 5.56 Å². The van der Waals surface area contributed by atoms with Crippen LogP contribution in [0.2, 0.25) is 0 Å². The molecule has 5 rings (SSSR count). The Morgan fingerprint density at radius 2 is 1.69 bits per heavy atom. The largest absolute Gasteiger partial charge is 0.495 e. The van der Waals surface area contributed by atoms with Gasteiger partial charge >= 0.3 is 0 Å². The van der Waals surface area contributed by atoms with Crippen molar-refractivity contribution >= 4 is 49.3 Å². The van der Waals surface area contributed by atoms with Crippen molar-refractivity contribution in [1.29, 1.82) is 0 Å². The summed E-state index contributed by atoms with van der Waals surface area (Å²) in [5, 5.41) is 14.3. The molecule has 35 heavy (non-hydrogen) atoms. The Morgan fingerprint density at radius 1 is 1.00 bits per heavy atom. The first-order valence-corrected chi connectivity index (χ1v) is 12.2. The van der Waals surface area contributed by atoms with E-state index in [1.807, 2.05) is 61.5 Å². The lowest BCUT2D eigenvalue weighted by molar-refractivity contribution is 0.102. The van der Waals surface area contributed by atoms with E-state index < -0.39 is 0 Å². The summed E-state index contributed by atoms with van der Waals surface area (Å²) in [5.74, 6) is 0.701. The molecule has 0 saturated carbocycles. The van der Waals surface area contributed by atoms with Crippen LogP contribution in [0.15, 0.2) is 71.2 Å². The Hall–Kier alpha value is -3.71. The average molecular weight is 529 g/mol. The molecule has 5 aromatic rings. The van der Waals surface area contributed by atoms with Gasteiger partial charge in [-0.15, -0.1) is 10.2 Å². The minimum Gasteiger partial charge on any atom is -0.495 e. The summed E-state index contributed by atoms with van der Waals surface area (Å²) >= 11 is 3.60. The SMILES string of the molecule is COc1c(C(=O)Nc2cc3nn(-c4ccc(C(C)C)cc4)nc3cc2C)cc2ccccc2c1Br. The molecular weight excluding hydrogens is 504 g/mol. The molecule has 0 aliphatic heterocycles. The van der Waals surface area contributed by atoms with E-state index in [-0.39, 0.29) is 5.91 Å². The van der Waals surface area contributed by atoms with Gasteiger partial charge in [-0.3, -0.25) is 4.79 Å². The first-order valence-electron chi connectivity index (χ1n) is 11.4. The third-order valence-electron chi connectivity index (χ3n) is 6.16. The maximum atomic E-state index is 13.3. The van der Waals surface area contributed by atoms with Crippen LogP contribution in [0.5, 0.6) is 5.75 Å². The predicted molar refractivity (Wildman–Crippen MR) is 144 cm³/mol. The molecule has 0 spiro atoms. The molecule has 0 atom stereocenters. The lowest BCUT2D eigenvalue weighted by atomic mass is 10.0. The number of halogens is 1. The van der Waals surface area contributed by atoms with Crippen LogP contribution in [-0.4, -0.2) is 28.0 Å². The van der Waals surface area contributed by atoms with Crippen LogP contribution in [0.25, 0.3) is 27.5 Å². The highest BCUT2D eigenvalue weighted by molar-refractivity contribution is 9.10. The molecule has 0 fully saturated rings. The number of hydrogen-bond acceptors (Lipinski definition) is 4. The van der Waals surface area contributed by atoms with Gasteiger partial charge in [0.05, 0.1) is 22.8 Å². The first-order chi connectivity index (χ1) is 16.9. The van der Waals surface area contributed by atoms with Crippen molar-refractivity contribution in [2.24, 2.45) is 0 Å². The molecule has 1 N–H and O–H groups in total. The van der Waals surface area contributed by atoms with Crippen molar-refractivity contribution in [3.05, 3.63) is 87.9 Å². The fourth-order valence-corrected chi connectivity index (χ4v) is 4.89. The molecule has 0 unspecified atom stereocenters. The number of hydrogen-bond donors (Lipinski definition) is 1.